The SMILES string of the molecule is COc1cc(C2=Cc3cc(C)c(C)cc3C3=NCC[N+]23C)cc(-c2cc(-c3ccccc3)cc(-c3ccccc3)c2)c1OC. The molecule has 2 aliphatic heterocycles. The van der Waals surface area contributed by atoms with E-state index < -0.39 is 0 Å². The van der Waals surface area contributed by atoms with Crippen LogP contribution in [0, 0.1) is 13.8 Å². The molecular weight excluding hydrogens is 540 g/mol. The Morgan fingerprint density at radius 2 is 1.23 bits per heavy atom. The molecule has 0 spiro atoms. The summed E-state index contributed by atoms with van der Waals surface area (Å²) in [5.41, 5.74) is 14.0. The van der Waals surface area contributed by atoms with E-state index in [4.69, 9.17) is 14.5 Å². The molecule has 2 aliphatic rings. The summed E-state index contributed by atoms with van der Waals surface area (Å²) >= 11 is 0. The van der Waals surface area contributed by atoms with Gasteiger partial charge in [0.2, 0.25) is 5.84 Å². The average molecular weight is 578 g/mol. The number of nitrogens with zero attached hydrogens (tertiary/aromatic N) is 2. The maximum absolute atomic E-state index is 6.08. The Bertz CT molecular complexity index is 1900. The van der Waals surface area contributed by atoms with Crippen molar-refractivity contribution in [3.05, 3.63) is 131 Å². The van der Waals surface area contributed by atoms with Crippen molar-refractivity contribution in [2.24, 2.45) is 4.99 Å². The van der Waals surface area contributed by atoms with Crippen molar-refractivity contribution in [2.45, 2.75) is 13.8 Å². The summed E-state index contributed by atoms with van der Waals surface area (Å²) < 4.78 is 12.8. The number of benzene rings is 5. The Morgan fingerprint density at radius 1 is 0.614 bits per heavy atom. The van der Waals surface area contributed by atoms with Gasteiger partial charge in [0.1, 0.15) is 12.2 Å². The zero-order chi connectivity index (χ0) is 30.4. The fraction of sp³-hybridized carbons (Fsp3) is 0.175. The van der Waals surface area contributed by atoms with E-state index in [-0.39, 0.29) is 0 Å². The molecule has 4 nitrogen and oxygen atoms in total. The van der Waals surface area contributed by atoms with Gasteiger partial charge >= 0.3 is 0 Å². The topological polar surface area (TPSA) is 30.8 Å². The zero-order valence-corrected chi connectivity index (χ0v) is 26.0. The van der Waals surface area contributed by atoms with E-state index in [1.807, 2.05) is 0 Å². The number of hydrogen-bond donors (Lipinski definition) is 0. The van der Waals surface area contributed by atoms with E-state index in [2.05, 4.69) is 130 Å². The Morgan fingerprint density at radius 3 is 1.84 bits per heavy atom. The minimum atomic E-state index is 0.656. The predicted molar refractivity (Wildman–Crippen MR) is 182 cm³/mol. The summed E-state index contributed by atoms with van der Waals surface area (Å²) in [7, 11) is 5.73. The third-order valence-electron chi connectivity index (χ3n) is 9.24. The smallest absolute Gasteiger partial charge is 0.236 e. The summed E-state index contributed by atoms with van der Waals surface area (Å²) in [6.45, 7) is 6.08. The summed E-state index contributed by atoms with van der Waals surface area (Å²) in [4.78, 5) is 5.06. The van der Waals surface area contributed by atoms with Gasteiger partial charge in [-0.1, -0.05) is 66.7 Å². The van der Waals surface area contributed by atoms with Gasteiger partial charge in [0.05, 0.1) is 33.4 Å². The van der Waals surface area contributed by atoms with Gasteiger partial charge in [0, 0.05) is 17.2 Å². The molecule has 0 aromatic heterocycles. The van der Waals surface area contributed by atoms with Crippen LogP contribution in [0.25, 0.3) is 45.2 Å². The number of aryl methyl sites for hydroxylation is 2. The highest BCUT2D eigenvalue weighted by molar-refractivity contribution is 6.06. The molecule has 0 amide bonds. The van der Waals surface area contributed by atoms with Crippen LogP contribution in [0.15, 0.2) is 108 Å². The lowest BCUT2D eigenvalue weighted by molar-refractivity contribution is -0.735. The van der Waals surface area contributed by atoms with Crippen LogP contribution in [0.5, 0.6) is 11.5 Å². The number of likely N-dealkylation sites (N-methyl/N-ethyl adjacent to an activating group) is 1. The van der Waals surface area contributed by atoms with Crippen molar-refractivity contribution in [1.82, 2.24) is 0 Å². The lowest BCUT2D eigenvalue weighted by Gasteiger charge is -2.36. The van der Waals surface area contributed by atoms with Gasteiger partial charge in [0.25, 0.3) is 0 Å². The standard InChI is InChI=1S/C40H37N2O2/c1-26-18-32-24-37(42(3)17-16-41-40(42)36(32)19-27(26)2)34-23-35(39(44-5)38(25-34)43-4)33-21-30(28-12-8-6-9-13-28)20-31(22-33)29-14-10-7-11-15-29/h6-15,18-25H,16-17H2,1-5H3/q+1. The first kappa shape index (κ1) is 27.9. The van der Waals surface area contributed by atoms with Crippen molar-refractivity contribution in [3.8, 4) is 44.9 Å². The number of aliphatic imine (C=N–C) groups is 1. The van der Waals surface area contributed by atoms with Gasteiger partial charge in [-0.3, -0.25) is 0 Å². The molecule has 7 rings (SSSR count). The molecule has 0 fully saturated rings. The van der Waals surface area contributed by atoms with Crippen molar-refractivity contribution in [2.75, 3.05) is 34.4 Å². The molecule has 1 unspecified atom stereocenters. The molecule has 5 aromatic rings. The molecular formula is C40H37N2O2+. The molecule has 0 N–H and O–H groups in total. The molecule has 218 valence electrons. The van der Waals surface area contributed by atoms with Gasteiger partial charge in [-0.15, -0.1) is 0 Å². The first-order chi connectivity index (χ1) is 21.4. The Balaban J connectivity index is 1.48. The quantitative estimate of drug-likeness (QED) is 0.189. The van der Waals surface area contributed by atoms with Crippen molar-refractivity contribution < 1.29 is 14.0 Å². The number of rotatable bonds is 6. The predicted octanol–water partition coefficient (Wildman–Crippen LogP) is 9.04. The molecule has 0 bridgehead atoms. The second kappa shape index (κ2) is 11.0. The van der Waals surface area contributed by atoms with Gasteiger partial charge < -0.3 is 9.47 Å². The maximum atomic E-state index is 6.08. The first-order valence-corrected chi connectivity index (χ1v) is 15.2. The normalized spacial score (nSPS) is 16.9. The number of hydrogen-bond acceptors (Lipinski definition) is 3. The molecule has 0 saturated heterocycles. The van der Waals surface area contributed by atoms with Crippen LogP contribution in [0.3, 0.4) is 0 Å². The van der Waals surface area contributed by atoms with Crippen LogP contribution < -0.4 is 9.47 Å². The summed E-state index contributed by atoms with van der Waals surface area (Å²) in [6.07, 6.45) is 2.35. The fourth-order valence-corrected chi connectivity index (χ4v) is 6.72. The van der Waals surface area contributed by atoms with Crippen LogP contribution in [-0.4, -0.2) is 44.7 Å². The van der Waals surface area contributed by atoms with E-state index in [0.717, 1.165) is 52.5 Å². The molecule has 1 atom stereocenters. The highest BCUT2D eigenvalue weighted by Crippen LogP contribution is 2.46. The van der Waals surface area contributed by atoms with Crippen LogP contribution >= 0.6 is 0 Å². The van der Waals surface area contributed by atoms with E-state index >= 15 is 0 Å². The van der Waals surface area contributed by atoms with E-state index in [0.29, 0.717) is 10.2 Å². The highest BCUT2D eigenvalue weighted by atomic mass is 16.5. The minimum absolute atomic E-state index is 0.656. The Labute approximate surface area is 260 Å². The molecule has 2 heterocycles. The zero-order valence-electron chi connectivity index (χ0n) is 26.0. The lowest BCUT2D eigenvalue weighted by atomic mass is 9.89. The van der Waals surface area contributed by atoms with E-state index in [1.165, 1.54) is 39.1 Å². The highest BCUT2D eigenvalue weighted by Gasteiger charge is 2.44. The average Bonchev–Trinajstić information content (AvgIpc) is 3.47. The van der Waals surface area contributed by atoms with Crippen LogP contribution in [0.2, 0.25) is 0 Å². The minimum Gasteiger partial charge on any atom is -0.493 e. The summed E-state index contributed by atoms with van der Waals surface area (Å²) in [6, 6.07) is 36.9. The van der Waals surface area contributed by atoms with Gasteiger partial charge in [0.15, 0.2) is 11.5 Å². The van der Waals surface area contributed by atoms with Crippen LogP contribution in [0.4, 0.5) is 0 Å². The molecule has 0 radical (unpaired) electrons. The molecule has 4 heteroatoms. The fourth-order valence-electron chi connectivity index (χ4n) is 6.72. The number of fused-ring (bicyclic) bond motifs is 3. The van der Waals surface area contributed by atoms with Gasteiger partial charge in [-0.2, -0.15) is 0 Å². The van der Waals surface area contributed by atoms with Crippen LogP contribution in [-0.2, 0) is 0 Å². The molecule has 0 aliphatic carbocycles. The number of ether oxygens (including phenoxy) is 2. The second-order valence-electron chi connectivity index (χ2n) is 12.0. The van der Waals surface area contributed by atoms with Crippen molar-refractivity contribution in [1.29, 1.82) is 0 Å². The van der Waals surface area contributed by atoms with Crippen molar-refractivity contribution >= 4 is 17.6 Å². The molecule has 44 heavy (non-hydrogen) atoms. The largest absolute Gasteiger partial charge is 0.493 e. The third-order valence-corrected chi connectivity index (χ3v) is 9.24. The number of amidine groups is 1. The first-order valence-electron chi connectivity index (χ1n) is 15.2. The number of methoxy groups -OCH3 is 2. The Kier molecular flexibility index (Phi) is 6.95. The van der Waals surface area contributed by atoms with Crippen molar-refractivity contribution in [3.63, 3.8) is 0 Å². The van der Waals surface area contributed by atoms with Gasteiger partial charge in [-0.05, 0) is 94.8 Å². The van der Waals surface area contributed by atoms with Crippen LogP contribution in [0.1, 0.15) is 27.8 Å². The monoisotopic (exact) mass is 577 g/mol. The van der Waals surface area contributed by atoms with E-state index in [1.54, 1.807) is 14.2 Å². The molecule has 0 saturated carbocycles. The second-order valence-corrected chi connectivity index (χ2v) is 12.0. The van der Waals surface area contributed by atoms with Gasteiger partial charge in [-0.25, -0.2) is 9.48 Å². The molecule has 5 aromatic carbocycles. The summed E-state index contributed by atoms with van der Waals surface area (Å²) in [5.74, 6) is 2.57. The maximum Gasteiger partial charge on any atom is 0.236 e. The van der Waals surface area contributed by atoms with E-state index in [9.17, 15) is 0 Å². The lowest BCUT2D eigenvalue weighted by Crippen LogP contribution is -2.47. The third kappa shape index (κ3) is 4.63. The Hall–Kier alpha value is -4.93. The number of quaternary nitrogens is 1. The summed E-state index contributed by atoms with van der Waals surface area (Å²) in [5, 5.41) is 0.